The van der Waals surface area contributed by atoms with Gasteiger partial charge in [-0.15, -0.1) is 0 Å². The van der Waals surface area contributed by atoms with Gasteiger partial charge in [-0.3, -0.25) is 0 Å². The fraction of sp³-hybridized carbons (Fsp3) is 1.00. The highest BCUT2D eigenvalue weighted by Crippen LogP contribution is 2.34. The van der Waals surface area contributed by atoms with Gasteiger partial charge in [-0.25, -0.2) is 0 Å². The van der Waals surface area contributed by atoms with Crippen molar-refractivity contribution < 1.29 is 19.7 Å². The lowest BCUT2D eigenvalue weighted by Gasteiger charge is -2.28. The highest BCUT2D eigenvalue weighted by molar-refractivity contribution is 4.99. The molecule has 64 valence electrons. The molecule has 5 unspecified atom stereocenters. The Morgan fingerprint density at radius 1 is 1.36 bits per heavy atom. The van der Waals surface area contributed by atoms with Gasteiger partial charge in [0, 0.05) is 0 Å². The first-order chi connectivity index (χ1) is 5.24. The van der Waals surface area contributed by atoms with Crippen molar-refractivity contribution in [1.82, 2.24) is 0 Å². The van der Waals surface area contributed by atoms with Crippen LogP contribution in [0.3, 0.4) is 0 Å². The fourth-order valence-electron chi connectivity index (χ4n) is 1.34. The molecule has 5 heteroatoms. The summed E-state index contributed by atoms with van der Waals surface area (Å²) in [5.74, 6) is 0. The number of rotatable bonds is 1. The van der Waals surface area contributed by atoms with E-state index in [0.717, 1.165) is 0 Å². The third kappa shape index (κ3) is 1.05. The van der Waals surface area contributed by atoms with Crippen LogP contribution in [-0.4, -0.2) is 47.5 Å². The van der Waals surface area contributed by atoms with Gasteiger partial charge in [0.05, 0.1) is 12.6 Å². The molecule has 11 heavy (non-hydrogen) atoms. The van der Waals surface area contributed by atoms with Crippen molar-refractivity contribution >= 4 is 0 Å². The minimum atomic E-state index is -0.816. The molecule has 2 fully saturated rings. The van der Waals surface area contributed by atoms with E-state index in [1.54, 1.807) is 0 Å². The van der Waals surface area contributed by atoms with Crippen molar-refractivity contribution in [1.29, 1.82) is 0 Å². The molecule has 0 radical (unpaired) electrons. The van der Waals surface area contributed by atoms with Gasteiger partial charge in [0.25, 0.3) is 0 Å². The summed E-state index contributed by atoms with van der Waals surface area (Å²) in [4.78, 5) is 0. The van der Waals surface area contributed by atoms with Gasteiger partial charge in [0.1, 0.15) is 18.3 Å². The average molecular weight is 161 g/mol. The van der Waals surface area contributed by atoms with E-state index in [0.29, 0.717) is 0 Å². The van der Waals surface area contributed by atoms with Crippen molar-refractivity contribution in [2.75, 3.05) is 6.61 Å². The Morgan fingerprint density at radius 2 is 2.09 bits per heavy atom. The number of aliphatic hydroxyl groups excluding tert-OH is 2. The molecule has 2 aliphatic rings. The Balaban J connectivity index is 2.03. The summed E-state index contributed by atoms with van der Waals surface area (Å²) < 4.78 is 10.1. The standard InChI is InChI=1S/C6H11NO4/c7-3-4(9)2(1-8)10-6-5(3)11-6/h2-6,8-9H,1,7H2. The second-order valence-electron chi connectivity index (χ2n) is 2.89. The lowest BCUT2D eigenvalue weighted by atomic mass is 10.0. The molecule has 0 aromatic carbocycles. The first-order valence-corrected chi connectivity index (χ1v) is 3.59. The van der Waals surface area contributed by atoms with E-state index in [-0.39, 0.29) is 19.0 Å². The topological polar surface area (TPSA) is 88.2 Å². The van der Waals surface area contributed by atoms with Gasteiger partial charge < -0.3 is 25.4 Å². The molecule has 0 amide bonds. The van der Waals surface area contributed by atoms with Gasteiger partial charge in [-0.1, -0.05) is 0 Å². The molecule has 0 bridgehead atoms. The Morgan fingerprint density at radius 3 is 2.73 bits per heavy atom. The number of nitrogens with two attached hydrogens (primary N) is 1. The molecule has 2 saturated heterocycles. The summed E-state index contributed by atoms with van der Waals surface area (Å²) >= 11 is 0. The zero-order valence-corrected chi connectivity index (χ0v) is 5.88. The quantitative estimate of drug-likeness (QED) is 0.379. The Labute approximate surface area is 63.7 Å². The maximum absolute atomic E-state index is 9.34. The van der Waals surface area contributed by atoms with Gasteiger partial charge in [0.2, 0.25) is 0 Å². The van der Waals surface area contributed by atoms with Crippen LogP contribution in [0.4, 0.5) is 0 Å². The maximum Gasteiger partial charge on any atom is 0.186 e. The number of hydrogen-bond donors (Lipinski definition) is 3. The van der Waals surface area contributed by atoms with Gasteiger partial charge in [-0.05, 0) is 0 Å². The molecular formula is C6H11NO4. The van der Waals surface area contributed by atoms with Crippen LogP contribution >= 0.6 is 0 Å². The van der Waals surface area contributed by atoms with E-state index in [4.69, 9.17) is 20.3 Å². The van der Waals surface area contributed by atoms with Crippen LogP contribution in [0.25, 0.3) is 0 Å². The Hall–Kier alpha value is -0.200. The van der Waals surface area contributed by atoms with E-state index >= 15 is 0 Å². The highest BCUT2D eigenvalue weighted by Gasteiger charge is 2.54. The van der Waals surface area contributed by atoms with E-state index in [2.05, 4.69) is 0 Å². The highest BCUT2D eigenvalue weighted by atomic mass is 16.8. The second kappa shape index (κ2) is 2.40. The van der Waals surface area contributed by atoms with Crippen LogP contribution in [0.2, 0.25) is 0 Å². The second-order valence-corrected chi connectivity index (χ2v) is 2.89. The molecule has 0 spiro atoms. The van der Waals surface area contributed by atoms with Crippen molar-refractivity contribution in [2.45, 2.75) is 30.6 Å². The smallest absolute Gasteiger partial charge is 0.186 e. The molecule has 4 N–H and O–H groups in total. The summed E-state index contributed by atoms with van der Waals surface area (Å²) in [6, 6.07) is -0.425. The van der Waals surface area contributed by atoms with E-state index in [1.165, 1.54) is 0 Å². The summed E-state index contributed by atoms with van der Waals surface area (Å²) in [5.41, 5.74) is 5.56. The number of fused-ring (bicyclic) bond motifs is 1. The maximum atomic E-state index is 9.34. The van der Waals surface area contributed by atoms with Crippen LogP contribution in [0, 0.1) is 0 Å². The predicted molar refractivity (Wildman–Crippen MR) is 34.6 cm³/mol. The summed E-state index contributed by atoms with van der Waals surface area (Å²) in [6.07, 6.45) is -1.88. The van der Waals surface area contributed by atoms with Crippen molar-refractivity contribution in [2.24, 2.45) is 5.73 Å². The molecular weight excluding hydrogens is 150 g/mol. The van der Waals surface area contributed by atoms with Crippen LogP contribution < -0.4 is 5.73 Å². The number of ether oxygens (including phenoxy) is 2. The van der Waals surface area contributed by atoms with Crippen molar-refractivity contribution in [3.8, 4) is 0 Å². The van der Waals surface area contributed by atoms with Gasteiger partial charge in [-0.2, -0.15) is 0 Å². The normalized spacial score (nSPS) is 55.4. The summed E-state index contributed by atoms with van der Waals surface area (Å²) in [6.45, 7) is -0.221. The summed E-state index contributed by atoms with van der Waals surface area (Å²) in [5, 5.41) is 18.1. The molecule has 2 rings (SSSR count). The molecule has 5 nitrogen and oxygen atoms in total. The zero-order chi connectivity index (χ0) is 8.01. The Kier molecular flexibility index (Phi) is 1.62. The molecule has 0 aliphatic carbocycles. The van der Waals surface area contributed by atoms with E-state index in [1.807, 2.05) is 0 Å². The lowest BCUT2D eigenvalue weighted by molar-refractivity contribution is -0.111. The Bertz CT molecular complexity index is 165. The van der Waals surface area contributed by atoms with Crippen molar-refractivity contribution in [3.63, 3.8) is 0 Å². The van der Waals surface area contributed by atoms with Crippen LogP contribution in [-0.2, 0) is 9.47 Å². The molecule has 5 atom stereocenters. The third-order valence-corrected chi connectivity index (χ3v) is 2.13. The minimum Gasteiger partial charge on any atom is -0.394 e. The molecule has 2 aliphatic heterocycles. The van der Waals surface area contributed by atoms with Crippen molar-refractivity contribution in [3.05, 3.63) is 0 Å². The first-order valence-electron chi connectivity index (χ1n) is 3.59. The number of epoxide rings is 1. The monoisotopic (exact) mass is 161 g/mol. The van der Waals surface area contributed by atoms with Crippen LogP contribution in [0.5, 0.6) is 0 Å². The zero-order valence-electron chi connectivity index (χ0n) is 5.88. The van der Waals surface area contributed by atoms with E-state index in [9.17, 15) is 5.11 Å². The summed E-state index contributed by atoms with van der Waals surface area (Å²) in [7, 11) is 0. The third-order valence-electron chi connectivity index (χ3n) is 2.13. The SMILES string of the molecule is NC1C(O)C(CO)OC2OC21. The van der Waals surface area contributed by atoms with Gasteiger partial charge in [0.15, 0.2) is 6.29 Å². The predicted octanol–water partition coefficient (Wildman–Crippen LogP) is -2.21. The molecule has 2 heterocycles. The molecule has 0 aromatic heterocycles. The van der Waals surface area contributed by atoms with E-state index < -0.39 is 18.2 Å². The lowest BCUT2D eigenvalue weighted by Crippen LogP contribution is -2.53. The van der Waals surface area contributed by atoms with Crippen LogP contribution in [0.1, 0.15) is 0 Å². The first kappa shape index (κ1) is 7.45. The van der Waals surface area contributed by atoms with Gasteiger partial charge >= 0.3 is 0 Å². The number of hydrogen-bond acceptors (Lipinski definition) is 5. The largest absolute Gasteiger partial charge is 0.394 e. The molecule has 0 saturated carbocycles. The average Bonchev–Trinajstić information content (AvgIpc) is 2.75. The van der Waals surface area contributed by atoms with Crippen LogP contribution in [0.15, 0.2) is 0 Å². The molecule has 0 aromatic rings. The number of aliphatic hydroxyl groups is 2. The minimum absolute atomic E-state index is 0.173. The fourth-order valence-corrected chi connectivity index (χ4v) is 1.34.